The van der Waals surface area contributed by atoms with Gasteiger partial charge in [0.25, 0.3) is 0 Å². The van der Waals surface area contributed by atoms with E-state index in [-0.39, 0.29) is 11.7 Å². The number of fused-ring (bicyclic) bond motifs is 1. The van der Waals surface area contributed by atoms with Crippen LogP contribution in [0.25, 0.3) is 22.6 Å². The number of aryl methyl sites for hydroxylation is 1. The largest absolute Gasteiger partial charge is 0.453 e. The smallest absolute Gasteiger partial charge is 0.234 e. The average Bonchev–Trinajstić information content (AvgIpc) is 3.32. The fourth-order valence-electron chi connectivity index (χ4n) is 3.03. The highest BCUT2D eigenvalue weighted by atomic mass is 35.5. The zero-order chi connectivity index (χ0) is 21.3. The topological polar surface area (TPSA) is 73.0 Å². The van der Waals surface area contributed by atoms with E-state index in [9.17, 15) is 9.18 Å². The monoisotopic (exact) mass is 444 g/mol. The molecule has 0 saturated carbocycles. The summed E-state index contributed by atoms with van der Waals surface area (Å²) in [5, 5.41) is 13.3. The molecule has 2 aromatic carbocycles. The highest BCUT2D eigenvalue weighted by molar-refractivity contribution is 7.99. The number of carbonyl (C=O) groups is 1. The first-order valence-electron chi connectivity index (χ1n) is 9.26. The van der Waals surface area contributed by atoms with E-state index in [0.717, 1.165) is 10.9 Å². The molecule has 2 aromatic heterocycles. The molecule has 2 heterocycles. The number of anilines is 1. The van der Waals surface area contributed by atoms with Crippen LogP contribution in [0.3, 0.4) is 0 Å². The van der Waals surface area contributed by atoms with Gasteiger partial charge >= 0.3 is 0 Å². The Morgan fingerprint density at radius 3 is 2.87 bits per heavy atom. The van der Waals surface area contributed by atoms with E-state index in [1.807, 2.05) is 36.6 Å². The van der Waals surface area contributed by atoms with E-state index in [2.05, 4.69) is 15.5 Å². The number of furan rings is 1. The Labute approximate surface area is 181 Å². The molecule has 4 rings (SSSR count). The molecule has 154 valence electrons. The SMILES string of the molecule is CCn1c(SCC(=O)Nc2cc(F)ccc2C)nnc1-c1cc2cc(Cl)ccc2o1. The van der Waals surface area contributed by atoms with Crippen molar-refractivity contribution in [2.24, 2.45) is 0 Å². The van der Waals surface area contributed by atoms with Gasteiger partial charge in [0.2, 0.25) is 11.7 Å². The van der Waals surface area contributed by atoms with Gasteiger partial charge < -0.3 is 9.73 Å². The maximum absolute atomic E-state index is 13.4. The third-order valence-electron chi connectivity index (χ3n) is 4.54. The fourth-order valence-corrected chi connectivity index (χ4v) is 4.02. The van der Waals surface area contributed by atoms with E-state index in [1.165, 1.54) is 23.9 Å². The van der Waals surface area contributed by atoms with Gasteiger partial charge in [0.1, 0.15) is 11.4 Å². The predicted octanol–water partition coefficient (Wildman–Crippen LogP) is 5.54. The molecule has 0 bridgehead atoms. The normalized spacial score (nSPS) is 11.2. The van der Waals surface area contributed by atoms with Gasteiger partial charge in [-0.25, -0.2) is 4.39 Å². The quantitative estimate of drug-likeness (QED) is 0.395. The summed E-state index contributed by atoms with van der Waals surface area (Å²) in [4.78, 5) is 12.3. The van der Waals surface area contributed by atoms with E-state index in [1.54, 1.807) is 12.1 Å². The van der Waals surface area contributed by atoms with Crippen LogP contribution in [0.1, 0.15) is 12.5 Å². The summed E-state index contributed by atoms with van der Waals surface area (Å²) >= 11 is 7.30. The first-order chi connectivity index (χ1) is 14.4. The fraction of sp³-hybridized carbons (Fsp3) is 0.190. The third-order valence-corrected chi connectivity index (χ3v) is 5.74. The molecule has 0 aliphatic rings. The molecule has 0 aliphatic heterocycles. The summed E-state index contributed by atoms with van der Waals surface area (Å²) < 4.78 is 21.2. The van der Waals surface area contributed by atoms with Crippen molar-refractivity contribution in [3.63, 3.8) is 0 Å². The van der Waals surface area contributed by atoms with Crippen LogP contribution in [0, 0.1) is 12.7 Å². The first kappa shape index (κ1) is 20.4. The van der Waals surface area contributed by atoms with Crippen molar-refractivity contribution in [3.8, 4) is 11.6 Å². The zero-order valence-corrected chi connectivity index (χ0v) is 17.9. The van der Waals surface area contributed by atoms with Crippen molar-refractivity contribution in [3.05, 3.63) is 58.9 Å². The Bertz CT molecular complexity index is 1240. The van der Waals surface area contributed by atoms with Gasteiger partial charge in [0.05, 0.1) is 5.75 Å². The lowest BCUT2D eigenvalue weighted by atomic mass is 10.2. The van der Waals surface area contributed by atoms with Gasteiger partial charge in [-0.3, -0.25) is 9.36 Å². The maximum Gasteiger partial charge on any atom is 0.234 e. The molecule has 0 atom stereocenters. The molecule has 30 heavy (non-hydrogen) atoms. The van der Waals surface area contributed by atoms with Crippen LogP contribution < -0.4 is 5.32 Å². The Morgan fingerprint density at radius 1 is 1.23 bits per heavy atom. The molecule has 0 aliphatic carbocycles. The Balaban J connectivity index is 1.50. The lowest BCUT2D eigenvalue weighted by Gasteiger charge is -2.09. The number of nitrogens with one attached hydrogen (secondary N) is 1. The number of rotatable bonds is 6. The van der Waals surface area contributed by atoms with Gasteiger partial charge in [0, 0.05) is 22.6 Å². The summed E-state index contributed by atoms with van der Waals surface area (Å²) in [7, 11) is 0. The summed E-state index contributed by atoms with van der Waals surface area (Å²) in [6.45, 7) is 4.38. The lowest BCUT2D eigenvalue weighted by Crippen LogP contribution is -2.15. The summed E-state index contributed by atoms with van der Waals surface area (Å²) in [6, 6.07) is 11.5. The van der Waals surface area contributed by atoms with E-state index in [4.69, 9.17) is 16.0 Å². The van der Waals surface area contributed by atoms with Crippen LogP contribution in [0.4, 0.5) is 10.1 Å². The van der Waals surface area contributed by atoms with Crippen LogP contribution in [-0.2, 0) is 11.3 Å². The lowest BCUT2D eigenvalue weighted by molar-refractivity contribution is -0.113. The van der Waals surface area contributed by atoms with Crippen molar-refractivity contribution in [2.75, 3.05) is 11.1 Å². The van der Waals surface area contributed by atoms with Crippen molar-refractivity contribution in [1.29, 1.82) is 0 Å². The molecular weight excluding hydrogens is 427 g/mol. The number of halogens is 2. The number of thioether (sulfide) groups is 1. The number of hydrogen-bond acceptors (Lipinski definition) is 5. The molecule has 9 heteroatoms. The third kappa shape index (κ3) is 4.20. The van der Waals surface area contributed by atoms with E-state index < -0.39 is 5.82 Å². The minimum absolute atomic E-state index is 0.115. The van der Waals surface area contributed by atoms with Gasteiger partial charge in [-0.15, -0.1) is 10.2 Å². The average molecular weight is 445 g/mol. The predicted molar refractivity (Wildman–Crippen MR) is 116 cm³/mol. The minimum Gasteiger partial charge on any atom is -0.453 e. The Kier molecular flexibility index (Phi) is 5.78. The van der Waals surface area contributed by atoms with Crippen LogP contribution in [0.15, 0.2) is 52.0 Å². The molecule has 1 amide bonds. The van der Waals surface area contributed by atoms with E-state index in [0.29, 0.717) is 39.6 Å². The van der Waals surface area contributed by atoms with Crippen LogP contribution in [0.5, 0.6) is 0 Å². The zero-order valence-electron chi connectivity index (χ0n) is 16.3. The Morgan fingerprint density at radius 2 is 2.07 bits per heavy atom. The standard InChI is InChI=1S/C21H18ClFN4O2S/c1-3-27-20(18-9-13-8-14(22)5-7-17(13)29-18)25-26-21(27)30-11-19(28)24-16-10-15(23)6-4-12(16)2/h4-10H,3,11H2,1-2H3,(H,24,28). The minimum atomic E-state index is -0.397. The second-order valence-electron chi connectivity index (χ2n) is 6.64. The molecule has 0 fully saturated rings. The number of carbonyl (C=O) groups excluding carboxylic acids is 1. The van der Waals surface area contributed by atoms with E-state index >= 15 is 0 Å². The molecule has 6 nitrogen and oxygen atoms in total. The number of aromatic nitrogens is 3. The van der Waals surface area contributed by atoms with Gasteiger partial charge in [-0.2, -0.15) is 0 Å². The van der Waals surface area contributed by atoms with Crippen molar-refractivity contribution in [1.82, 2.24) is 14.8 Å². The molecular formula is C21H18ClFN4O2S. The molecule has 4 aromatic rings. The molecule has 0 unspecified atom stereocenters. The van der Waals surface area contributed by atoms with Crippen molar-refractivity contribution < 1.29 is 13.6 Å². The number of nitrogens with zero attached hydrogens (tertiary/aromatic N) is 3. The number of hydrogen-bond donors (Lipinski definition) is 1. The van der Waals surface area contributed by atoms with Crippen molar-refractivity contribution in [2.45, 2.75) is 25.5 Å². The summed E-state index contributed by atoms with van der Waals surface area (Å²) in [5.74, 6) is 0.622. The molecule has 0 radical (unpaired) electrons. The van der Waals surface area contributed by atoms with Gasteiger partial charge in [0.15, 0.2) is 10.9 Å². The van der Waals surface area contributed by atoms with Crippen LogP contribution in [0.2, 0.25) is 5.02 Å². The van der Waals surface area contributed by atoms with Crippen LogP contribution in [-0.4, -0.2) is 26.4 Å². The van der Waals surface area contributed by atoms with Gasteiger partial charge in [-0.05, 0) is 55.8 Å². The summed E-state index contributed by atoms with van der Waals surface area (Å²) in [6.07, 6.45) is 0. The maximum atomic E-state index is 13.4. The van der Waals surface area contributed by atoms with Crippen molar-refractivity contribution >= 4 is 45.9 Å². The Hall–Kier alpha value is -2.84. The highest BCUT2D eigenvalue weighted by Gasteiger charge is 2.18. The molecule has 0 spiro atoms. The number of benzene rings is 2. The van der Waals surface area contributed by atoms with Gasteiger partial charge in [-0.1, -0.05) is 29.4 Å². The molecule has 1 N–H and O–H groups in total. The summed E-state index contributed by atoms with van der Waals surface area (Å²) in [5.41, 5.74) is 1.96. The second kappa shape index (κ2) is 8.49. The highest BCUT2D eigenvalue weighted by Crippen LogP contribution is 2.30. The second-order valence-corrected chi connectivity index (χ2v) is 8.02. The van der Waals surface area contributed by atoms with Crippen LogP contribution >= 0.6 is 23.4 Å². The molecule has 0 saturated heterocycles. The first-order valence-corrected chi connectivity index (χ1v) is 10.6. The number of amides is 1.